The lowest BCUT2D eigenvalue weighted by Crippen LogP contribution is -2.41. The topological polar surface area (TPSA) is 46.6 Å². The molecule has 5 heteroatoms. The van der Waals surface area contributed by atoms with Crippen LogP contribution in [0.25, 0.3) is 0 Å². The first-order valence-electron chi connectivity index (χ1n) is 6.76. The Bertz CT molecular complexity index is 475. The van der Waals surface area contributed by atoms with Crippen LogP contribution in [0.5, 0.6) is 0 Å². The summed E-state index contributed by atoms with van der Waals surface area (Å²) in [5.74, 6) is 0.735. The highest BCUT2D eigenvalue weighted by molar-refractivity contribution is 7.99. The van der Waals surface area contributed by atoms with Crippen molar-refractivity contribution in [2.24, 2.45) is 5.92 Å². The third-order valence-electron chi connectivity index (χ3n) is 3.27. The molecule has 0 aliphatic carbocycles. The van der Waals surface area contributed by atoms with E-state index in [0.717, 1.165) is 4.90 Å². The average Bonchev–Trinajstić information content (AvgIpc) is 2.82. The first-order chi connectivity index (χ1) is 9.59. The highest BCUT2D eigenvalue weighted by Gasteiger charge is 2.38. The Balaban J connectivity index is 1.86. The lowest BCUT2D eigenvalue weighted by atomic mass is 10.0. The van der Waals surface area contributed by atoms with E-state index in [0.29, 0.717) is 18.8 Å². The molecule has 1 aliphatic rings. The molecule has 1 atom stereocenters. The van der Waals surface area contributed by atoms with Gasteiger partial charge >= 0.3 is 6.09 Å². The number of benzene rings is 1. The Morgan fingerprint density at radius 1 is 1.40 bits per heavy atom. The van der Waals surface area contributed by atoms with Gasteiger partial charge in [-0.2, -0.15) is 0 Å². The lowest BCUT2D eigenvalue weighted by Gasteiger charge is -2.22. The van der Waals surface area contributed by atoms with E-state index in [4.69, 9.17) is 4.74 Å². The van der Waals surface area contributed by atoms with Gasteiger partial charge < -0.3 is 4.74 Å². The number of nitrogens with zero attached hydrogens (tertiary/aromatic N) is 1. The largest absolute Gasteiger partial charge is 0.447 e. The lowest BCUT2D eigenvalue weighted by molar-refractivity contribution is -0.129. The van der Waals surface area contributed by atoms with Crippen molar-refractivity contribution < 1.29 is 14.3 Å². The van der Waals surface area contributed by atoms with Crippen molar-refractivity contribution in [1.82, 2.24) is 4.90 Å². The molecule has 0 radical (unpaired) electrons. The minimum atomic E-state index is -0.501. The summed E-state index contributed by atoms with van der Waals surface area (Å²) in [4.78, 5) is 26.2. The molecule has 1 saturated heterocycles. The molecule has 2 rings (SSSR count). The van der Waals surface area contributed by atoms with Gasteiger partial charge in [0.1, 0.15) is 6.61 Å². The Labute approximate surface area is 123 Å². The molecule has 1 aromatic rings. The van der Waals surface area contributed by atoms with Gasteiger partial charge in [-0.1, -0.05) is 32.0 Å². The number of hydrogen-bond acceptors (Lipinski definition) is 4. The van der Waals surface area contributed by atoms with Crippen LogP contribution in [0.15, 0.2) is 35.2 Å². The van der Waals surface area contributed by atoms with Crippen LogP contribution in [0, 0.1) is 5.92 Å². The van der Waals surface area contributed by atoms with Crippen LogP contribution >= 0.6 is 11.8 Å². The number of carbonyl (C=O) groups is 2. The Kier molecular flexibility index (Phi) is 5.06. The van der Waals surface area contributed by atoms with Gasteiger partial charge in [-0.15, -0.1) is 11.8 Å². The molecule has 1 aliphatic heterocycles. The summed E-state index contributed by atoms with van der Waals surface area (Å²) in [6.45, 7) is 4.30. The predicted octanol–water partition coefficient (Wildman–Crippen LogP) is 3.17. The number of cyclic esters (lactones) is 1. The SMILES string of the molecule is CC(C)[C@H]1COC(=O)N1C(=O)CCSc1ccccc1. The highest BCUT2D eigenvalue weighted by atomic mass is 32.2. The van der Waals surface area contributed by atoms with Crippen LogP contribution in [0.2, 0.25) is 0 Å². The van der Waals surface area contributed by atoms with Crippen molar-refractivity contribution in [3.05, 3.63) is 30.3 Å². The predicted molar refractivity (Wildman–Crippen MR) is 78.6 cm³/mol. The maximum absolute atomic E-state index is 12.2. The van der Waals surface area contributed by atoms with Gasteiger partial charge in [0.15, 0.2) is 0 Å². The molecule has 0 unspecified atom stereocenters. The first-order valence-corrected chi connectivity index (χ1v) is 7.75. The summed E-state index contributed by atoms with van der Waals surface area (Å²) >= 11 is 1.62. The van der Waals surface area contributed by atoms with Crippen LogP contribution < -0.4 is 0 Å². The average molecular weight is 293 g/mol. The summed E-state index contributed by atoms with van der Waals surface area (Å²) in [6, 6.07) is 9.79. The molecule has 2 amide bonds. The van der Waals surface area contributed by atoms with E-state index < -0.39 is 6.09 Å². The quantitative estimate of drug-likeness (QED) is 0.782. The maximum atomic E-state index is 12.2. The van der Waals surface area contributed by atoms with Crippen LogP contribution in [0.1, 0.15) is 20.3 Å². The number of ether oxygens (including phenoxy) is 1. The second kappa shape index (κ2) is 6.79. The second-order valence-electron chi connectivity index (χ2n) is 5.06. The van der Waals surface area contributed by atoms with Crippen LogP contribution in [0.3, 0.4) is 0 Å². The molecule has 108 valence electrons. The maximum Gasteiger partial charge on any atom is 0.416 e. The van der Waals surface area contributed by atoms with Crippen molar-refractivity contribution in [2.75, 3.05) is 12.4 Å². The molecule has 4 nitrogen and oxygen atoms in total. The van der Waals surface area contributed by atoms with E-state index in [1.54, 1.807) is 11.8 Å². The van der Waals surface area contributed by atoms with Crippen molar-refractivity contribution in [2.45, 2.75) is 31.2 Å². The number of amides is 2. The van der Waals surface area contributed by atoms with Crippen LogP contribution in [-0.4, -0.2) is 35.3 Å². The van der Waals surface area contributed by atoms with Crippen molar-refractivity contribution >= 4 is 23.8 Å². The molecule has 20 heavy (non-hydrogen) atoms. The minimum Gasteiger partial charge on any atom is -0.447 e. The van der Waals surface area contributed by atoms with Gasteiger partial charge in [-0.05, 0) is 18.1 Å². The number of rotatable bonds is 5. The number of carbonyl (C=O) groups excluding carboxylic acids is 2. The van der Waals surface area contributed by atoms with Crippen LogP contribution in [-0.2, 0) is 9.53 Å². The fourth-order valence-electron chi connectivity index (χ4n) is 2.11. The molecule has 0 spiro atoms. The van der Waals surface area contributed by atoms with E-state index in [9.17, 15) is 9.59 Å². The minimum absolute atomic E-state index is 0.128. The number of imide groups is 1. The second-order valence-corrected chi connectivity index (χ2v) is 6.23. The Morgan fingerprint density at radius 3 is 2.75 bits per heavy atom. The number of thioether (sulfide) groups is 1. The third-order valence-corrected chi connectivity index (χ3v) is 4.29. The molecule has 1 aromatic carbocycles. The fraction of sp³-hybridized carbons (Fsp3) is 0.467. The Hall–Kier alpha value is -1.49. The van der Waals surface area contributed by atoms with Gasteiger partial charge in [-0.25, -0.2) is 9.69 Å². The third kappa shape index (κ3) is 3.54. The molecule has 0 aromatic heterocycles. The molecular weight excluding hydrogens is 274 g/mol. The number of hydrogen-bond donors (Lipinski definition) is 0. The fourth-order valence-corrected chi connectivity index (χ4v) is 2.97. The zero-order chi connectivity index (χ0) is 14.5. The highest BCUT2D eigenvalue weighted by Crippen LogP contribution is 2.22. The Morgan fingerprint density at radius 2 is 2.10 bits per heavy atom. The smallest absolute Gasteiger partial charge is 0.416 e. The zero-order valence-electron chi connectivity index (χ0n) is 11.7. The van der Waals surface area contributed by atoms with E-state index in [1.807, 2.05) is 44.2 Å². The van der Waals surface area contributed by atoms with Gasteiger partial charge in [-0.3, -0.25) is 4.79 Å². The summed E-state index contributed by atoms with van der Waals surface area (Å²) in [7, 11) is 0. The van der Waals surface area contributed by atoms with Crippen molar-refractivity contribution in [3.8, 4) is 0 Å². The van der Waals surface area contributed by atoms with E-state index in [2.05, 4.69) is 0 Å². The monoisotopic (exact) mass is 293 g/mol. The normalized spacial score (nSPS) is 18.4. The molecule has 0 saturated carbocycles. The summed E-state index contributed by atoms with van der Waals surface area (Å²) in [5, 5.41) is 0. The van der Waals surface area contributed by atoms with Crippen molar-refractivity contribution in [3.63, 3.8) is 0 Å². The first kappa shape index (κ1) is 14.9. The summed E-state index contributed by atoms with van der Waals surface area (Å²) in [6.07, 6.45) is -0.156. The van der Waals surface area contributed by atoms with Gasteiger partial charge in [0.2, 0.25) is 5.91 Å². The molecule has 0 N–H and O–H groups in total. The van der Waals surface area contributed by atoms with Gasteiger partial charge in [0, 0.05) is 17.1 Å². The van der Waals surface area contributed by atoms with Crippen molar-refractivity contribution in [1.29, 1.82) is 0 Å². The van der Waals surface area contributed by atoms with E-state index >= 15 is 0 Å². The molecule has 0 bridgehead atoms. The van der Waals surface area contributed by atoms with Crippen LogP contribution in [0.4, 0.5) is 4.79 Å². The molecule has 1 heterocycles. The molecule has 1 fully saturated rings. The zero-order valence-corrected chi connectivity index (χ0v) is 12.6. The van der Waals surface area contributed by atoms with Gasteiger partial charge in [0.25, 0.3) is 0 Å². The summed E-state index contributed by atoms with van der Waals surface area (Å²) < 4.78 is 4.98. The summed E-state index contributed by atoms with van der Waals surface area (Å²) in [5.41, 5.74) is 0. The van der Waals surface area contributed by atoms with E-state index in [1.165, 1.54) is 4.90 Å². The van der Waals surface area contributed by atoms with Gasteiger partial charge in [0.05, 0.1) is 6.04 Å². The standard InChI is InChI=1S/C15H19NO3S/c1-11(2)13-10-19-15(18)16(13)14(17)8-9-20-12-6-4-3-5-7-12/h3-7,11,13H,8-10H2,1-2H3/t13-/m1/s1. The molecular formula is C15H19NO3S. The van der Waals surface area contributed by atoms with E-state index in [-0.39, 0.29) is 17.9 Å².